The zero-order valence-electron chi connectivity index (χ0n) is 13.8. The summed E-state index contributed by atoms with van der Waals surface area (Å²) in [5, 5.41) is 5.10. The van der Waals surface area contributed by atoms with Gasteiger partial charge in [0.25, 0.3) is 5.91 Å². The van der Waals surface area contributed by atoms with E-state index in [0.29, 0.717) is 5.92 Å². The van der Waals surface area contributed by atoms with Gasteiger partial charge >= 0.3 is 0 Å². The van der Waals surface area contributed by atoms with Crippen molar-refractivity contribution in [1.82, 2.24) is 5.32 Å². The quantitative estimate of drug-likeness (QED) is 0.547. The van der Waals surface area contributed by atoms with Crippen molar-refractivity contribution >= 4 is 40.8 Å². The molecule has 0 fully saturated rings. The van der Waals surface area contributed by atoms with Crippen LogP contribution in [-0.4, -0.2) is 11.4 Å². The van der Waals surface area contributed by atoms with Crippen LogP contribution in [0.5, 0.6) is 0 Å². The lowest BCUT2D eigenvalue weighted by Crippen LogP contribution is -2.48. The first-order valence-corrected chi connectivity index (χ1v) is 9.94. The molecule has 1 aromatic heterocycles. The van der Waals surface area contributed by atoms with Gasteiger partial charge in [-0.15, -0.1) is 22.7 Å². The molecular formula is C17H25NOS3. The van der Waals surface area contributed by atoms with Crippen LogP contribution in [0.25, 0.3) is 0 Å². The predicted octanol–water partition coefficient (Wildman–Crippen LogP) is 5.82. The van der Waals surface area contributed by atoms with Gasteiger partial charge in [-0.1, -0.05) is 51.6 Å². The number of allylic oxidation sites excluding steroid dienone is 1. The second kappa shape index (κ2) is 6.93. The fraction of sp³-hybridized carbons (Fsp3) is 0.647. The van der Waals surface area contributed by atoms with Crippen LogP contribution in [0, 0.1) is 14.5 Å². The monoisotopic (exact) mass is 355 g/mol. The summed E-state index contributed by atoms with van der Waals surface area (Å²) in [7, 11) is 0. The van der Waals surface area contributed by atoms with E-state index in [2.05, 4.69) is 45.2 Å². The van der Waals surface area contributed by atoms with Gasteiger partial charge in [0.05, 0.1) is 5.54 Å². The summed E-state index contributed by atoms with van der Waals surface area (Å²) in [5.41, 5.74) is -0.0360. The molecule has 3 unspecified atom stereocenters. The number of nitrogens with one attached hydrogen (secondary N) is 1. The van der Waals surface area contributed by atoms with Gasteiger partial charge in [0.2, 0.25) is 0 Å². The first kappa shape index (κ1) is 17.8. The Kier molecular flexibility index (Phi) is 5.62. The molecule has 1 aliphatic rings. The fourth-order valence-corrected chi connectivity index (χ4v) is 5.51. The van der Waals surface area contributed by atoms with Crippen LogP contribution >= 0.6 is 34.9 Å². The highest BCUT2D eigenvalue weighted by Crippen LogP contribution is 2.41. The molecule has 0 saturated carbocycles. The van der Waals surface area contributed by atoms with Crippen LogP contribution in [-0.2, 0) is 0 Å². The SMILES string of the molecule is CCC1(C)CC(C)CC=CC(C)(NC(=O)c2csc(=S)s2)C1. The minimum atomic E-state index is -0.293. The van der Waals surface area contributed by atoms with Crippen LogP contribution in [0.4, 0.5) is 0 Å². The van der Waals surface area contributed by atoms with Crippen LogP contribution in [0.2, 0.25) is 0 Å². The second-order valence-electron chi connectivity index (χ2n) is 7.11. The van der Waals surface area contributed by atoms with Gasteiger partial charge in [0, 0.05) is 5.38 Å². The first-order valence-electron chi connectivity index (χ1n) is 7.84. The van der Waals surface area contributed by atoms with Crippen molar-refractivity contribution in [2.45, 2.75) is 58.9 Å². The van der Waals surface area contributed by atoms with Gasteiger partial charge in [-0.3, -0.25) is 4.79 Å². The third kappa shape index (κ3) is 4.49. The van der Waals surface area contributed by atoms with E-state index in [1.165, 1.54) is 29.1 Å². The van der Waals surface area contributed by atoms with E-state index in [1.54, 1.807) is 0 Å². The fourth-order valence-electron chi connectivity index (χ4n) is 3.52. The summed E-state index contributed by atoms with van der Waals surface area (Å²) in [5.74, 6) is 0.694. The molecule has 1 N–H and O–H groups in total. The Morgan fingerprint density at radius 1 is 1.50 bits per heavy atom. The summed E-state index contributed by atoms with van der Waals surface area (Å²) >= 11 is 7.99. The average Bonchev–Trinajstić information content (AvgIpc) is 2.83. The number of hydrogen-bond acceptors (Lipinski definition) is 4. The van der Waals surface area contributed by atoms with E-state index in [-0.39, 0.29) is 16.9 Å². The minimum Gasteiger partial charge on any atom is -0.343 e. The lowest BCUT2D eigenvalue weighted by Gasteiger charge is -2.41. The molecule has 0 saturated heterocycles. The largest absolute Gasteiger partial charge is 0.343 e. The molecule has 0 spiro atoms. The minimum absolute atomic E-state index is 0.00317. The highest BCUT2D eigenvalue weighted by atomic mass is 32.2. The lowest BCUT2D eigenvalue weighted by molar-refractivity contribution is 0.0886. The van der Waals surface area contributed by atoms with Crippen LogP contribution < -0.4 is 5.32 Å². The zero-order chi connectivity index (χ0) is 16.4. The van der Waals surface area contributed by atoms with E-state index in [9.17, 15) is 4.79 Å². The standard InChI is InChI=1S/C17H25NOS3/c1-5-16(3)9-12(2)7-6-8-17(4,11-16)18-14(19)13-10-21-15(20)22-13/h6,8,10,12H,5,7,9,11H2,1-4H3,(H,18,19). The Bertz CT molecular complexity index is 617. The third-order valence-corrected chi connectivity index (χ3v) is 7.05. The molecule has 1 heterocycles. The maximum atomic E-state index is 12.5. The summed E-state index contributed by atoms with van der Waals surface area (Å²) in [4.78, 5) is 13.2. The summed E-state index contributed by atoms with van der Waals surface area (Å²) < 4.78 is 0.802. The van der Waals surface area contributed by atoms with Crippen molar-refractivity contribution < 1.29 is 4.79 Å². The third-order valence-electron chi connectivity index (χ3n) is 4.59. The van der Waals surface area contributed by atoms with Gasteiger partial charge in [0.1, 0.15) is 8.01 Å². The number of carbonyl (C=O) groups is 1. The highest BCUT2D eigenvalue weighted by Gasteiger charge is 2.36. The smallest absolute Gasteiger partial charge is 0.262 e. The average molecular weight is 356 g/mol. The zero-order valence-corrected chi connectivity index (χ0v) is 16.2. The molecule has 0 radical (unpaired) electrons. The van der Waals surface area contributed by atoms with Crippen molar-refractivity contribution in [2.75, 3.05) is 0 Å². The van der Waals surface area contributed by atoms with Crippen molar-refractivity contribution in [3.63, 3.8) is 0 Å². The van der Waals surface area contributed by atoms with Crippen LogP contribution in [0.3, 0.4) is 0 Å². The van der Waals surface area contributed by atoms with E-state index >= 15 is 0 Å². The van der Waals surface area contributed by atoms with Crippen molar-refractivity contribution in [2.24, 2.45) is 11.3 Å². The normalized spacial score (nSPS) is 32.3. The maximum absolute atomic E-state index is 12.5. The van der Waals surface area contributed by atoms with Crippen LogP contribution in [0.1, 0.15) is 63.0 Å². The Labute approximate surface area is 146 Å². The van der Waals surface area contributed by atoms with E-state index in [4.69, 9.17) is 12.2 Å². The van der Waals surface area contributed by atoms with E-state index in [1.807, 2.05) is 5.38 Å². The van der Waals surface area contributed by atoms with E-state index < -0.39 is 0 Å². The molecule has 1 aliphatic carbocycles. The lowest BCUT2D eigenvalue weighted by atomic mass is 9.69. The number of rotatable bonds is 3. The molecular weight excluding hydrogens is 330 g/mol. The molecule has 0 aromatic carbocycles. The molecule has 2 nitrogen and oxygen atoms in total. The molecule has 5 heteroatoms. The molecule has 1 aromatic rings. The molecule has 22 heavy (non-hydrogen) atoms. The van der Waals surface area contributed by atoms with Crippen LogP contribution in [0.15, 0.2) is 17.5 Å². The van der Waals surface area contributed by atoms with Gasteiger partial charge in [-0.25, -0.2) is 0 Å². The first-order chi connectivity index (χ1) is 10.3. The van der Waals surface area contributed by atoms with Crippen molar-refractivity contribution in [3.8, 4) is 0 Å². The number of carbonyl (C=O) groups excluding carboxylic acids is 1. The van der Waals surface area contributed by atoms with Crippen molar-refractivity contribution in [3.05, 3.63) is 25.5 Å². The Balaban J connectivity index is 2.22. The van der Waals surface area contributed by atoms with Gasteiger partial charge in [0.15, 0.2) is 0 Å². The van der Waals surface area contributed by atoms with E-state index in [0.717, 1.165) is 27.3 Å². The molecule has 1 amide bonds. The van der Waals surface area contributed by atoms with Gasteiger partial charge in [-0.05, 0) is 37.5 Å². The molecule has 0 aliphatic heterocycles. The van der Waals surface area contributed by atoms with Gasteiger partial charge in [-0.2, -0.15) is 0 Å². The summed E-state index contributed by atoms with van der Waals surface area (Å²) in [6.07, 6.45) is 8.82. The number of amides is 1. The molecule has 3 atom stereocenters. The second-order valence-corrected chi connectivity index (χ2v) is 10.2. The predicted molar refractivity (Wildman–Crippen MR) is 99.5 cm³/mol. The summed E-state index contributed by atoms with van der Waals surface area (Å²) in [6.45, 7) is 9.06. The number of hydrogen-bond donors (Lipinski definition) is 1. The highest BCUT2D eigenvalue weighted by molar-refractivity contribution is 7.76. The summed E-state index contributed by atoms with van der Waals surface area (Å²) in [6, 6.07) is 0. The topological polar surface area (TPSA) is 29.1 Å². The Morgan fingerprint density at radius 3 is 2.82 bits per heavy atom. The Hall–Kier alpha value is -0.520. The molecule has 122 valence electrons. The Morgan fingerprint density at radius 2 is 2.23 bits per heavy atom. The van der Waals surface area contributed by atoms with Gasteiger partial charge < -0.3 is 5.32 Å². The van der Waals surface area contributed by atoms with Crippen molar-refractivity contribution in [1.29, 1.82) is 0 Å². The maximum Gasteiger partial charge on any atom is 0.262 e. The molecule has 0 bridgehead atoms. The molecule has 2 rings (SSSR count).